The number of carbonyl (C=O) groups is 1. The van der Waals surface area contributed by atoms with Crippen molar-refractivity contribution in [2.45, 2.75) is 40.7 Å². The van der Waals surface area contributed by atoms with E-state index >= 15 is 0 Å². The van der Waals surface area contributed by atoms with Crippen LogP contribution in [0.3, 0.4) is 0 Å². The van der Waals surface area contributed by atoms with Crippen LogP contribution >= 0.6 is 0 Å². The minimum absolute atomic E-state index is 0.171. The maximum atomic E-state index is 10.8. The van der Waals surface area contributed by atoms with Crippen LogP contribution in [0.4, 0.5) is 0 Å². The van der Waals surface area contributed by atoms with E-state index in [4.69, 9.17) is 4.74 Å². The molecule has 1 heterocycles. The quantitative estimate of drug-likeness (QED) is 0.578. The molecule has 3 heteroatoms. The molecule has 0 radical (unpaired) electrons. The van der Waals surface area contributed by atoms with Crippen molar-refractivity contribution in [3.05, 3.63) is 29.1 Å². The van der Waals surface area contributed by atoms with Crippen LogP contribution in [0.25, 0.3) is 0 Å². The van der Waals surface area contributed by atoms with Gasteiger partial charge < -0.3 is 4.74 Å². The van der Waals surface area contributed by atoms with E-state index < -0.39 is 0 Å². The molecule has 0 aliphatic carbocycles. The Kier molecular flexibility index (Phi) is 4.05. The van der Waals surface area contributed by atoms with Crippen LogP contribution in [-0.2, 0) is 9.53 Å². The molecule has 1 unspecified atom stereocenters. The molecule has 88 valence electrons. The topological polar surface area (TPSA) is 30.2 Å². The summed E-state index contributed by atoms with van der Waals surface area (Å²) in [5.74, 6) is -0.227. The maximum Gasteiger partial charge on any atom is 0.302 e. The SMILES string of the molecule is CC(=O)OCC(C)[n+]1c(C)cc(C)cc1C. The van der Waals surface area contributed by atoms with Crippen LogP contribution in [-0.4, -0.2) is 12.6 Å². The Bertz CT molecular complexity index is 376. The Morgan fingerprint density at radius 3 is 2.25 bits per heavy atom. The molecule has 0 saturated carbocycles. The minimum atomic E-state index is -0.227. The van der Waals surface area contributed by atoms with Crippen molar-refractivity contribution in [1.82, 2.24) is 0 Å². The highest BCUT2D eigenvalue weighted by Gasteiger charge is 2.20. The van der Waals surface area contributed by atoms with Gasteiger partial charge in [0.25, 0.3) is 0 Å². The predicted molar refractivity (Wildman–Crippen MR) is 62.2 cm³/mol. The molecule has 0 aliphatic rings. The van der Waals surface area contributed by atoms with Crippen molar-refractivity contribution in [3.8, 4) is 0 Å². The van der Waals surface area contributed by atoms with Crippen LogP contribution in [0, 0.1) is 20.8 Å². The Morgan fingerprint density at radius 1 is 1.31 bits per heavy atom. The molecular formula is C13H20NO2+. The average molecular weight is 222 g/mol. The van der Waals surface area contributed by atoms with Gasteiger partial charge in [0.1, 0.15) is 0 Å². The van der Waals surface area contributed by atoms with Crippen molar-refractivity contribution in [2.24, 2.45) is 0 Å². The first-order valence-electron chi connectivity index (χ1n) is 5.54. The Balaban J connectivity index is 2.90. The van der Waals surface area contributed by atoms with E-state index in [1.807, 2.05) is 0 Å². The standard InChI is InChI=1S/C13H20NO2/c1-9-6-10(2)14(11(3)7-9)12(4)8-16-13(5)15/h6-7,12H,8H2,1-5H3/q+1. The number of nitrogens with zero attached hydrogens (tertiary/aromatic N) is 1. The summed E-state index contributed by atoms with van der Waals surface area (Å²) in [6, 6.07) is 4.44. The highest BCUT2D eigenvalue weighted by molar-refractivity contribution is 5.65. The fraction of sp³-hybridized carbons (Fsp3) is 0.538. The van der Waals surface area contributed by atoms with Crippen molar-refractivity contribution < 1.29 is 14.1 Å². The van der Waals surface area contributed by atoms with Gasteiger partial charge >= 0.3 is 5.97 Å². The third kappa shape index (κ3) is 3.05. The summed E-state index contributed by atoms with van der Waals surface area (Å²) in [6.45, 7) is 10.1. The van der Waals surface area contributed by atoms with Gasteiger partial charge in [-0.15, -0.1) is 0 Å². The summed E-state index contributed by atoms with van der Waals surface area (Å²) >= 11 is 0. The largest absolute Gasteiger partial charge is 0.459 e. The van der Waals surface area contributed by atoms with Crippen molar-refractivity contribution in [3.63, 3.8) is 0 Å². The first kappa shape index (κ1) is 12.7. The van der Waals surface area contributed by atoms with Crippen LogP contribution in [0.15, 0.2) is 12.1 Å². The van der Waals surface area contributed by atoms with Gasteiger partial charge in [-0.1, -0.05) is 0 Å². The van der Waals surface area contributed by atoms with Gasteiger partial charge in [-0.25, -0.2) is 0 Å². The van der Waals surface area contributed by atoms with Gasteiger partial charge in [-0.2, -0.15) is 4.57 Å². The molecule has 0 aliphatic heterocycles. The average Bonchev–Trinajstić information content (AvgIpc) is 2.12. The molecular weight excluding hydrogens is 202 g/mol. The monoisotopic (exact) mass is 222 g/mol. The first-order chi connectivity index (χ1) is 7.41. The lowest BCUT2D eigenvalue weighted by atomic mass is 10.2. The molecule has 0 bridgehead atoms. The molecule has 3 nitrogen and oxygen atoms in total. The van der Waals surface area contributed by atoms with Gasteiger partial charge in [0.05, 0.1) is 0 Å². The summed E-state index contributed by atoms with van der Waals surface area (Å²) in [6.07, 6.45) is 0. The molecule has 1 aromatic heterocycles. The minimum Gasteiger partial charge on any atom is -0.459 e. The molecule has 0 N–H and O–H groups in total. The number of aryl methyl sites for hydroxylation is 3. The Morgan fingerprint density at radius 2 is 1.81 bits per heavy atom. The summed E-state index contributed by atoms with van der Waals surface area (Å²) in [7, 11) is 0. The molecule has 1 aromatic rings. The van der Waals surface area contributed by atoms with E-state index in [9.17, 15) is 4.79 Å². The molecule has 0 saturated heterocycles. The molecule has 16 heavy (non-hydrogen) atoms. The zero-order chi connectivity index (χ0) is 12.3. The van der Waals surface area contributed by atoms with E-state index in [1.165, 1.54) is 23.9 Å². The van der Waals surface area contributed by atoms with Crippen LogP contribution in [0.1, 0.15) is 36.8 Å². The number of hydrogen-bond acceptors (Lipinski definition) is 2. The zero-order valence-electron chi connectivity index (χ0n) is 10.7. The number of esters is 1. The fourth-order valence-electron chi connectivity index (χ4n) is 2.13. The van der Waals surface area contributed by atoms with Gasteiger partial charge in [0.15, 0.2) is 24.0 Å². The number of carbonyl (C=O) groups excluding carboxylic acids is 1. The number of ether oxygens (including phenoxy) is 1. The van der Waals surface area contributed by atoms with Gasteiger partial charge in [-0.3, -0.25) is 4.79 Å². The lowest BCUT2D eigenvalue weighted by Gasteiger charge is -2.12. The van der Waals surface area contributed by atoms with Crippen molar-refractivity contribution >= 4 is 5.97 Å². The second kappa shape index (κ2) is 5.10. The van der Waals surface area contributed by atoms with Gasteiger partial charge in [0.2, 0.25) is 0 Å². The second-order valence-corrected chi connectivity index (χ2v) is 4.34. The summed E-state index contributed by atoms with van der Waals surface area (Å²) < 4.78 is 7.23. The maximum absolute atomic E-state index is 10.8. The Labute approximate surface area is 97.1 Å². The fourth-order valence-corrected chi connectivity index (χ4v) is 2.13. The highest BCUT2D eigenvalue weighted by atomic mass is 16.5. The lowest BCUT2D eigenvalue weighted by Crippen LogP contribution is -2.46. The predicted octanol–water partition coefficient (Wildman–Crippen LogP) is 2.02. The molecule has 1 rings (SSSR count). The van der Waals surface area contributed by atoms with Crippen LogP contribution in [0.5, 0.6) is 0 Å². The van der Waals surface area contributed by atoms with Crippen molar-refractivity contribution in [2.75, 3.05) is 6.61 Å². The lowest BCUT2D eigenvalue weighted by molar-refractivity contribution is -0.731. The molecule has 0 aromatic carbocycles. The smallest absolute Gasteiger partial charge is 0.302 e. The van der Waals surface area contributed by atoms with Gasteiger partial charge in [-0.05, 0) is 12.5 Å². The number of rotatable bonds is 3. The van der Waals surface area contributed by atoms with Crippen LogP contribution in [0.2, 0.25) is 0 Å². The summed E-state index contributed by atoms with van der Waals surface area (Å²) in [4.78, 5) is 10.8. The molecule has 0 amide bonds. The molecule has 0 spiro atoms. The van der Waals surface area contributed by atoms with Gasteiger partial charge in [0, 0.05) is 39.8 Å². The number of hydrogen-bond donors (Lipinski definition) is 0. The summed E-state index contributed by atoms with van der Waals surface area (Å²) in [5, 5.41) is 0. The molecule has 0 fully saturated rings. The third-order valence-electron chi connectivity index (χ3n) is 2.60. The second-order valence-electron chi connectivity index (χ2n) is 4.34. The highest BCUT2D eigenvalue weighted by Crippen LogP contribution is 2.06. The van der Waals surface area contributed by atoms with E-state index in [0.29, 0.717) is 6.61 Å². The van der Waals surface area contributed by atoms with Crippen molar-refractivity contribution in [1.29, 1.82) is 0 Å². The van der Waals surface area contributed by atoms with Crippen LogP contribution < -0.4 is 4.57 Å². The van der Waals surface area contributed by atoms with E-state index in [2.05, 4.69) is 44.4 Å². The van der Waals surface area contributed by atoms with E-state index in [1.54, 1.807) is 0 Å². The zero-order valence-corrected chi connectivity index (χ0v) is 10.7. The first-order valence-corrected chi connectivity index (χ1v) is 5.54. The third-order valence-corrected chi connectivity index (χ3v) is 2.60. The molecule has 1 atom stereocenters. The summed E-state index contributed by atoms with van der Waals surface area (Å²) in [5.41, 5.74) is 3.64. The Hall–Kier alpha value is -1.38. The number of pyridine rings is 1. The number of aromatic nitrogens is 1. The van der Waals surface area contributed by atoms with E-state index in [0.717, 1.165) is 0 Å². The normalized spacial score (nSPS) is 12.3. The van der Waals surface area contributed by atoms with E-state index in [-0.39, 0.29) is 12.0 Å².